The van der Waals surface area contributed by atoms with Gasteiger partial charge in [-0.05, 0) is 43.1 Å². The van der Waals surface area contributed by atoms with Crippen molar-refractivity contribution >= 4 is 11.6 Å². The van der Waals surface area contributed by atoms with Crippen LogP contribution in [0.5, 0.6) is 0 Å². The molecule has 5 heteroatoms. The van der Waals surface area contributed by atoms with Gasteiger partial charge in [-0.2, -0.15) is 5.10 Å². The monoisotopic (exact) mass is 284 g/mol. The van der Waals surface area contributed by atoms with Gasteiger partial charge in [-0.25, -0.2) is 0 Å². The summed E-state index contributed by atoms with van der Waals surface area (Å²) >= 11 is 0. The summed E-state index contributed by atoms with van der Waals surface area (Å²) in [7, 11) is 0. The fourth-order valence-electron chi connectivity index (χ4n) is 2.63. The smallest absolute Gasteiger partial charge is 0.241 e. The third-order valence-corrected chi connectivity index (χ3v) is 3.73. The standard InChI is InChI=1S/C16H20N4O/c21-16(15-7-1-2-8-17-15)19-14-6-3-5-13(11-14)12-20-10-4-9-18-20/h3-6,9-11,15,17H,1-2,7-8,12H2,(H,19,21)/t15-/m0/s1. The summed E-state index contributed by atoms with van der Waals surface area (Å²) in [6, 6.07) is 9.77. The molecule has 1 aliphatic rings. The molecule has 5 nitrogen and oxygen atoms in total. The van der Waals surface area contributed by atoms with Crippen molar-refractivity contribution < 1.29 is 4.79 Å². The fourth-order valence-corrected chi connectivity index (χ4v) is 2.63. The van der Waals surface area contributed by atoms with Crippen molar-refractivity contribution in [3.8, 4) is 0 Å². The van der Waals surface area contributed by atoms with E-state index in [1.54, 1.807) is 6.20 Å². The second-order valence-corrected chi connectivity index (χ2v) is 5.40. The number of nitrogens with zero attached hydrogens (tertiary/aromatic N) is 2. The normalized spacial score (nSPS) is 18.4. The molecular weight excluding hydrogens is 264 g/mol. The molecule has 1 fully saturated rings. The van der Waals surface area contributed by atoms with Gasteiger partial charge in [-0.1, -0.05) is 18.6 Å². The predicted molar refractivity (Wildman–Crippen MR) is 82.0 cm³/mol. The highest BCUT2D eigenvalue weighted by Crippen LogP contribution is 2.14. The zero-order chi connectivity index (χ0) is 14.5. The Balaban J connectivity index is 1.63. The first kappa shape index (κ1) is 13.8. The van der Waals surface area contributed by atoms with Gasteiger partial charge in [0.25, 0.3) is 0 Å². The van der Waals surface area contributed by atoms with Crippen molar-refractivity contribution in [3.63, 3.8) is 0 Å². The van der Waals surface area contributed by atoms with Crippen molar-refractivity contribution in [2.24, 2.45) is 0 Å². The maximum atomic E-state index is 12.2. The fraction of sp³-hybridized carbons (Fsp3) is 0.375. The second kappa shape index (κ2) is 6.54. The molecule has 0 spiro atoms. The maximum absolute atomic E-state index is 12.2. The summed E-state index contributed by atoms with van der Waals surface area (Å²) < 4.78 is 1.86. The minimum atomic E-state index is -0.0616. The highest BCUT2D eigenvalue weighted by molar-refractivity contribution is 5.94. The van der Waals surface area contributed by atoms with E-state index in [9.17, 15) is 4.79 Å². The van der Waals surface area contributed by atoms with Crippen LogP contribution in [0.4, 0.5) is 5.69 Å². The van der Waals surface area contributed by atoms with E-state index in [-0.39, 0.29) is 11.9 Å². The molecule has 0 bridgehead atoms. The average molecular weight is 284 g/mol. The van der Waals surface area contributed by atoms with Crippen LogP contribution in [-0.4, -0.2) is 28.3 Å². The molecule has 2 N–H and O–H groups in total. The van der Waals surface area contributed by atoms with Gasteiger partial charge in [-0.15, -0.1) is 0 Å². The molecule has 0 radical (unpaired) electrons. The lowest BCUT2D eigenvalue weighted by Crippen LogP contribution is -2.43. The summed E-state index contributed by atoms with van der Waals surface area (Å²) in [5, 5.41) is 10.5. The number of aromatic nitrogens is 2. The van der Waals surface area contributed by atoms with E-state index in [2.05, 4.69) is 15.7 Å². The first-order chi connectivity index (χ1) is 10.3. The third-order valence-electron chi connectivity index (χ3n) is 3.73. The molecule has 2 heterocycles. The molecule has 1 aliphatic heterocycles. The van der Waals surface area contributed by atoms with Gasteiger partial charge in [0.15, 0.2) is 0 Å². The molecule has 1 saturated heterocycles. The number of hydrogen-bond acceptors (Lipinski definition) is 3. The number of piperidine rings is 1. The number of carbonyl (C=O) groups excluding carboxylic acids is 1. The molecule has 0 unspecified atom stereocenters. The number of benzene rings is 1. The van der Waals surface area contributed by atoms with Gasteiger partial charge in [0, 0.05) is 18.1 Å². The molecule has 1 aromatic heterocycles. The van der Waals surface area contributed by atoms with E-state index in [0.717, 1.165) is 37.1 Å². The minimum Gasteiger partial charge on any atom is -0.325 e. The van der Waals surface area contributed by atoms with E-state index in [4.69, 9.17) is 0 Å². The van der Waals surface area contributed by atoms with Crippen LogP contribution < -0.4 is 10.6 Å². The van der Waals surface area contributed by atoms with Crippen LogP contribution in [-0.2, 0) is 11.3 Å². The van der Waals surface area contributed by atoms with E-state index in [1.807, 2.05) is 41.2 Å². The van der Waals surface area contributed by atoms with Crippen LogP contribution in [0, 0.1) is 0 Å². The van der Waals surface area contributed by atoms with Gasteiger partial charge in [0.2, 0.25) is 5.91 Å². The Labute approximate surface area is 124 Å². The van der Waals surface area contributed by atoms with Crippen LogP contribution in [0.3, 0.4) is 0 Å². The van der Waals surface area contributed by atoms with Gasteiger partial charge in [0.1, 0.15) is 0 Å². The Morgan fingerprint density at radius 1 is 1.38 bits per heavy atom. The maximum Gasteiger partial charge on any atom is 0.241 e. The molecule has 1 amide bonds. The highest BCUT2D eigenvalue weighted by Gasteiger charge is 2.20. The molecule has 1 aromatic carbocycles. The first-order valence-electron chi connectivity index (χ1n) is 7.42. The summed E-state index contributed by atoms with van der Waals surface area (Å²) in [4.78, 5) is 12.2. The summed E-state index contributed by atoms with van der Waals surface area (Å²) in [5.41, 5.74) is 1.96. The average Bonchev–Trinajstić information content (AvgIpc) is 3.01. The van der Waals surface area contributed by atoms with Gasteiger partial charge < -0.3 is 10.6 Å². The molecule has 110 valence electrons. The van der Waals surface area contributed by atoms with Gasteiger partial charge >= 0.3 is 0 Å². The Morgan fingerprint density at radius 3 is 3.10 bits per heavy atom. The van der Waals surface area contributed by atoms with E-state index >= 15 is 0 Å². The molecule has 1 atom stereocenters. The SMILES string of the molecule is O=C(Nc1cccc(Cn2cccn2)c1)[C@@H]1CCCCN1. The van der Waals surface area contributed by atoms with Crippen molar-refractivity contribution in [1.29, 1.82) is 0 Å². The number of rotatable bonds is 4. The quantitative estimate of drug-likeness (QED) is 0.903. The Hall–Kier alpha value is -2.14. The topological polar surface area (TPSA) is 59.0 Å². The predicted octanol–water partition coefficient (Wildman–Crippen LogP) is 2.01. The molecule has 21 heavy (non-hydrogen) atoms. The number of carbonyl (C=O) groups is 1. The highest BCUT2D eigenvalue weighted by atomic mass is 16.2. The first-order valence-corrected chi connectivity index (χ1v) is 7.42. The van der Waals surface area contributed by atoms with E-state index < -0.39 is 0 Å². The number of hydrogen-bond donors (Lipinski definition) is 2. The van der Waals surface area contributed by atoms with Crippen LogP contribution in [0.15, 0.2) is 42.7 Å². The Morgan fingerprint density at radius 2 is 2.33 bits per heavy atom. The summed E-state index contributed by atoms with van der Waals surface area (Å²) in [5.74, 6) is 0.0611. The van der Waals surface area contributed by atoms with Crippen LogP contribution in [0.1, 0.15) is 24.8 Å². The van der Waals surface area contributed by atoms with Crippen molar-refractivity contribution in [3.05, 3.63) is 48.3 Å². The number of amides is 1. The molecule has 2 aromatic rings. The van der Waals surface area contributed by atoms with Crippen LogP contribution >= 0.6 is 0 Å². The summed E-state index contributed by atoms with van der Waals surface area (Å²) in [6.45, 7) is 1.63. The Kier molecular flexibility index (Phi) is 4.31. The summed E-state index contributed by atoms with van der Waals surface area (Å²) in [6.07, 6.45) is 6.88. The van der Waals surface area contributed by atoms with E-state index in [1.165, 1.54) is 0 Å². The van der Waals surface area contributed by atoms with Gasteiger partial charge in [0.05, 0.1) is 12.6 Å². The molecule has 0 saturated carbocycles. The lowest BCUT2D eigenvalue weighted by atomic mass is 10.0. The molecule has 3 rings (SSSR count). The lowest BCUT2D eigenvalue weighted by Gasteiger charge is -2.22. The largest absolute Gasteiger partial charge is 0.325 e. The zero-order valence-electron chi connectivity index (χ0n) is 12.0. The zero-order valence-corrected chi connectivity index (χ0v) is 12.0. The van der Waals surface area contributed by atoms with Crippen LogP contribution in [0.2, 0.25) is 0 Å². The van der Waals surface area contributed by atoms with Crippen molar-refractivity contribution in [2.75, 3.05) is 11.9 Å². The lowest BCUT2D eigenvalue weighted by molar-refractivity contribution is -0.118. The van der Waals surface area contributed by atoms with Crippen molar-refractivity contribution in [1.82, 2.24) is 15.1 Å². The van der Waals surface area contributed by atoms with Crippen molar-refractivity contribution in [2.45, 2.75) is 31.8 Å². The van der Waals surface area contributed by atoms with E-state index in [0.29, 0.717) is 6.54 Å². The third kappa shape index (κ3) is 3.70. The second-order valence-electron chi connectivity index (χ2n) is 5.40. The number of nitrogens with one attached hydrogen (secondary N) is 2. The number of anilines is 1. The molecular formula is C16H20N4O. The van der Waals surface area contributed by atoms with Gasteiger partial charge in [-0.3, -0.25) is 9.48 Å². The Bertz CT molecular complexity index is 588. The molecule has 0 aliphatic carbocycles. The van der Waals surface area contributed by atoms with Crippen LogP contribution in [0.25, 0.3) is 0 Å². The minimum absolute atomic E-state index is 0.0611.